The molecule has 1 aliphatic heterocycles. The molecular formula is C24H28N6O2. The lowest BCUT2D eigenvalue weighted by Gasteiger charge is -2.11. The third kappa shape index (κ3) is 4.27. The molecule has 3 heterocycles. The molecule has 1 unspecified atom stereocenters. The molecule has 32 heavy (non-hydrogen) atoms. The lowest BCUT2D eigenvalue weighted by atomic mass is 10.0. The fourth-order valence-electron chi connectivity index (χ4n) is 4.21. The Kier molecular flexibility index (Phi) is 6.32. The monoisotopic (exact) mass is 432 g/mol. The van der Waals surface area contributed by atoms with E-state index in [0.717, 1.165) is 52.1 Å². The van der Waals surface area contributed by atoms with Crippen molar-refractivity contribution in [2.24, 2.45) is 7.05 Å². The van der Waals surface area contributed by atoms with E-state index in [1.807, 2.05) is 42.8 Å². The number of rotatable bonds is 7. The second kappa shape index (κ2) is 9.32. The van der Waals surface area contributed by atoms with Gasteiger partial charge in [-0.2, -0.15) is 0 Å². The number of hydrogen-bond acceptors (Lipinski definition) is 6. The van der Waals surface area contributed by atoms with Crippen LogP contribution < -0.4 is 10.6 Å². The molecule has 8 heteroatoms. The molecule has 1 fully saturated rings. The van der Waals surface area contributed by atoms with Crippen molar-refractivity contribution in [3.8, 4) is 0 Å². The van der Waals surface area contributed by atoms with Gasteiger partial charge in [0.25, 0.3) is 5.91 Å². The first kappa shape index (κ1) is 21.7. The minimum atomic E-state index is -0.242. The number of aromatic nitrogens is 3. The summed E-state index contributed by atoms with van der Waals surface area (Å²) >= 11 is 0. The Morgan fingerprint density at radius 2 is 2.22 bits per heavy atom. The van der Waals surface area contributed by atoms with Crippen molar-refractivity contribution in [2.45, 2.75) is 25.8 Å². The summed E-state index contributed by atoms with van der Waals surface area (Å²) in [7, 11) is 3.74. The van der Waals surface area contributed by atoms with E-state index in [1.165, 1.54) is 6.21 Å². The van der Waals surface area contributed by atoms with E-state index in [1.54, 1.807) is 19.4 Å². The van der Waals surface area contributed by atoms with Gasteiger partial charge in [0.2, 0.25) is 0 Å². The van der Waals surface area contributed by atoms with Crippen LogP contribution in [0.3, 0.4) is 0 Å². The highest BCUT2D eigenvalue weighted by Gasteiger charge is 2.25. The maximum Gasteiger partial charge on any atom is 0.272 e. The summed E-state index contributed by atoms with van der Waals surface area (Å²) in [5, 5.41) is 13.6. The Balaban J connectivity index is 1.58. The van der Waals surface area contributed by atoms with Crippen molar-refractivity contribution in [3.05, 3.63) is 64.9 Å². The lowest BCUT2D eigenvalue weighted by molar-refractivity contribution is 0.0947. The van der Waals surface area contributed by atoms with Crippen LogP contribution in [-0.4, -0.2) is 46.9 Å². The van der Waals surface area contributed by atoms with E-state index in [2.05, 4.69) is 15.6 Å². The number of carbonyl (C=O) groups excluding carboxylic acids is 1. The minimum absolute atomic E-state index is 0.239. The molecule has 3 aromatic rings. The number of allylic oxidation sites excluding steroid dienone is 1. The number of pyridine rings is 1. The Labute approximate surface area is 187 Å². The molecule has 2 aromatic heterocycles. The van der Waals surface area contributed by atoms with Crippen LogP contribution in [0.4, 0.5) is 0 Å². The average Bonchev–Trinajstić information content (AvgIpc) is 3.43. The van der Waals surface area contributed by atoms with Gasteiger partial charge in [-0.25, -0.2) is 9.97 Å². The SMILES string of the molecule is CN/C=C(\C=N)c1cc(C)cc(CNC(=O)c2nccc3nc(C4CCOC4)n(C)c23)c1. The Hall–Kier alpha value is -3.52. The third-order valence-electron chi connectivity index (χ3n) is 5.71. The molecule has 0 spiro atoms. The highest BCUT2D eigenvalue weighted by Crippen LogP contribution is 2.28. The number of carbonyl (C=O) groups is 1. The van der Waals surface area contributed by atoms with Crippen LogP contribution in [0.15, 0.2) is 36.7 Å². The van der Waals surface area contributed by atoms with Crippen LogP contribution in [0.25, 0.3) is 16.6 Å². The van der Waals surface area contributed by atoms with Crippen LogP contribution in [-0.2, 0) is 18.3 Å². The van der Waals surface area contributed by atoms with E-state index in [0.29, 0.717) is 18.8 Å². The van der Waals surface area contributed by atoms with E-state index < -0.39 is 0 Å². The number of imidazole rings is 1. The number of aryl methyl sites for hydroxylation is 2. The van der Waals surface area contributed by atoms with Gasteiger partial charge in [0.1, 0.15) is 5.82 Å². The number of ether oxygens (including phenoxy) is 1. The number of benzene rings is 1. The standard InChI is InChI=1S/C24H28N6O2/c1-15-8-16(10-18(9-15)19(11-25)13-26-2)12-28-24(31)21-22-20(4-6-27-21)29-23(30(22)3)17-5-7-32-14-17/h4,6,8-11,13,17,25-26H,5,7,12,14H2,1-3H3,(H,28,31)/b19-13+,25-11?. The average molecular weight is 433 g/mol. The van der Waals surface area contributed by atoms with Crippen molar-refractivity contribution >= 4 is 28.7 Å². The Morgan fingerprint density at radius 3 is 2.94 bits per heavy atom. The number of fused-ring (bicyclic) bond motifs is 1. The van der Waals surface area contributed by atoms with Crippen molar-refractivity contribution in [1.82, 2.24) is 25.2 Å². The molecule has 1 saturated heterocycles. The zero-order valence-corrected chi connectivity index (χ0v) is 18.6. The number of hydrogen-bond donors (Lipinski definition) is 3. The maximum atomic E-state index is 13.1. The molecule has 0 radical (unpaired) electrons. The lowest BCUT2D eigenvalue weighted by Crippen LogP contribution is -2.24. The van der Waals surface area contributed by atoms with Gasteiger partial charge in [-0.15, -0.1) is 0 Å². The zero-order chi connectivity index (χ0) is 22.7. The van der Waals surface area contributed by atoms with Gasteiger partial charge in [-0.05, 0) is 36.6 Å². The maximum absolute atomic E-state index is 13.1. The summed E-state index contributed by atoms with van der Waals surface area (Å²) in [5.41, 5.74) is 5.58. The predicted molar refractivity (Wildman–Crippen MR) is 125 cm³/mol. The molecule has 3 N–H and O–H groups in total. The summed E-state index contributed by atoms with van der Waals surface area (Å²) in [6.07, 6.45) is 5.65. The molecule has 0 bridgehead atoms. The van der Waals surface area contributed by atoms with Gasteiger partial charge >= 0.3 is 0 Å². The highest BCUT2D eigenvalue weighted by molar-refractivity contribution is 6.08. The molecule has 1 atom stereocenters. The van der Waals surface area contributed by atoms with Gasteiger partial charge in [0.15, 0.2) is 5.69 Å². The molecular weight excluding hydrogens is 404 g/mol. The molecule has 0 aliphatic carbocycles. The first-order valence-corrected chi connectivity index (χ1v) is 10.7. The summed E-state index contributed by atoms with van der Waals surface area (Å²) < 4.78 is 7.49. The summed E-state index contributed by atoms with van der Waals surface area (Å²) in [6.45, 7) is 3.75. The zero-order valence-electron chi connectivity index (χ0n) is 18.6. The van der Waals surface area contributed by atoms with E-state index in [-0.39, 0.29) is 11.8 Å². The van der Waals surface area contributed by atoms with Crippen LogP contribution in [0, 0.1) is 12.3 Å². The number of amides is 1. The van der Waals surface area contributed by atoms with Crippen molar-refractivity contribution in [2.75, 3.05) is 20.3 Å². The second-order valence-electron chi connectivity index (χ2n) is 8.04. The molecule has 8 nitrogen and oxygen atoms in total. The number of nitrogens with one attached hydrogen (secondary N) is 3. The summed E-state index contributed by atoms with van der Waals surface area (Å²) in [5.74, 6) is 0.926. The molecule has 0 saturated carbocycles. The second-order valence-corrected chi connectivity index (χ2v) is 8.04. The fourth-order valence-corrected chi connectivity index (χ4v) is 4.21. The van der Waals surface area contributed by atoms with E-state index in [4.69, 9.17) is 15.1 Å². The van der Waals surface area contributed by atoms with Gasteiger partial charge in [0.05, 0.1) is 17.6 Å². The fraction of sp³-hybridized carbons (Fsp3) is 0.333. The molecule has 166 valence electrons. The highest BCUT2D eigenvalue weighted by atomic mass is 16.5. The van der Waals surface area contributed by atoms with Crippen molar-refractivity contribution < 1.29 is 9.53 Å². The van der Waals surface area contributed by atoms with Gasteiger partial charge in [-0.1, -0.05) is 17.7 Å². The van der Waals surface area contributed by atoms with Crippen LogP contribution >= 0.6 is 0 Å². The Morgan fingerprint density at radius 1 is 1.38 bits per heavy atom. The van der Waals surface area contributed by atoms with Gasteiger partial charge < -0.3 is 25.3 Å². The van der Waals surface area contributed by atoms with Crippen LogP contribution in [0.5, 0.6) is 0 Å². The molecule has 1 aliphatic rings. The van der Waals surface area contributed by atoms with Crippen LogP contribution in [0.1, 0.15) is 45.3 Å². The van der Waals surface area contributed by atoms with E-state index in [9.17, 15) is 4.79 Å². The topological polar surface area (TPSA) is 105 Å². The van der Waals surface area contributed by atoms with Crippen molar-refractivity contribution in [1.29, 1.82) is 5.41 Å². The minimum Gasteiger partial charge on any atom is -0.393 e. The first-order valence-electron chi connectivity index (χ1n) is 10.7. The van der Waals surface area contributed by atoms with Gasteiger partial charge in [-0.3, -0.25) is 4.79 Å². The van der Waals surface area contributed by atoms with Crippen LogP contribution in [0.2, 0.25) is 0 Å². The van der Waals surface area contributed by atoms with Gasteiger partial charge in [0, 0.05) is 57.3 Å². The largest absolute Gasteiger partial charge is 0.393 e. The smallest absolute Gasteiger partial charge is 0.272 e. The van der Waals surface area contributed by atoms with E-state index >= 15 is 0 Å². The third-order valence-corrected chi connectivity index (χ3v) is 5.71. The van der Waals surface area contributed by atoms with Crippen molar-refractivity contribution in [3.63, 3.8) is 0 Å². The quantitative estimate of drug-likeness (QED) is 0.498. The normalized spacial score (nSPS) is 16.3. The molecule has 1 amide bonds. The number of nitrogens with zero attached hydrogens (tertiary/aromatic N) is 3. The summed E-state index contributed by atoms with van der Waals surface area (Å²) in [4.78, 5) is 22.2. The molecule has 1 aromatic carbocycles. The Bertz CT molecular complexity index is 1190. The first-order chi connectivity index (χ1) is 15.5. The summed E-state index contributed by atoms with van der Waals surface area (Å²) in [6, 6.07) is 7.87. The predicted octanol–water partition coefficient (Wildman–Crippen LogP) is 2.92. The molecule has 4 rings (SSSR count).